The predicted molar refractivity (Wildman–Crippen MR) is 93.3 cm³/mol. The van der Waals surface area contributed by atoms with Crippen molar-refractivity contribution in [2.24, 2.45) is 5.92 Å². The van der Waals surface area contributed by atoms with Crippen LogP contribution in [0.5, 0.6) is 0 Å². The van der Waals surface area contributed by atoms with Crippen LogP contribution in [0.1, 0.15) is 30.0 Å². The van der Waals surface area contributed by atoms with Gasteiger partial charge in [0.1, 0.15) is 5.82 Å². The third kappa shape index (κ3) is 3.88. The van der Waals surface area contributed by atoms with Crippen LogP contribution in [0.4, 0.5) is 9.18 Å². The lowest BCUT2D eigenvalue weighted by atomic mass is 10.0. The number of urea groups is 1. The van der Waals surface area contributed by atoms with Crippen molar-refractivity contribution in [3.63, 3.8) is 0 Å². The molecule has 1 unspecified atom stereocenters. The lowest BCUT2D eigenvalue weighted by Gasteiger charge is -2.24. The van der Waals surface area contributed by atoms with Gasteiger partial charge in [-0.25, -0.2) is 9.18 Å². The minimum absolute atomic E-state index is 0.00255. The molecule has 0 heterocycles. The van der Waals surface area contributed by atoms with Crippen LogP contribution in [0, 0.1) is 11.7 Å². The summed E-state index contributed by atoms with van der Waals surface area (Å²) in [6.07, 6.45) is 2.23. The summed E-state index contributed by atoms with van der Waals surface area (Å²) < 4.78 is 13.9. The van der Waals surface area contributed by atoms with Gasteiger partial charge in [-0.2, -0.15) is 0 Å². The van der Waals surface area contributed by atoms with E-state index in [4.69, 9.17) is 11.6 Å². The molecular weight excluding hydrogens is 327 g/mol. The predicted octanol–water partition coefficient (Wildman–Crippen LogP) is 4.77. The van der Waals surface area contributed by atoms with Crippen molar-refractivity contribution >= 4 is 17.6 Å². The SMILES string of the molecule is CN(Cc1c(F)cccc1Cl)C(=O)NC(c1ccccc1)C1CC1. The smallest absolute Gasteiger partial charge is 0.317 e. The molecule has 2 amide bonds. The third-order valence-electron chi connectivity index (χ3n) is 4.33. The molecule has 0 radical (unpaired) electrons. The van der Waals surface area contributed by atoms with Crippen LogP contribution in [-0.2, 0) is 6.54 Å². The van der Waals surface area contributed by atoms with E-state index in [1.165, 1.54) is 11.0 Å². The van der Waals surface area contributed by atoms with Gasteiger partial charge in [-0.15, -0.1) is 0 Å². The van der Waals surface area contributed by atoms with Gasteiger partial charge in [0.05, 0.1) is 12.6 Å². The van der Waals surface area contributed by atoms with Gasteiger partial charge in [0.2, 0.25) is 0 Å². The summed E-state index contributed by atoms with van der Waals surface area (Å²) >= 11 is 6.04. The maximum atomic E-state index is 13.9. The van der Waals surface area contributed by atoms with Crippen LogP contribution >= 0.6 is 11.6 Å². The van der Waals surface area contributed by atoms with Crippen LogP contribution in [0.3, 0.4) is 0 Å². The maximum Gasteiger partial charge on any atom is 0.317 e. The number of carbonyl (C=O) groups excluding carboxylic acids is 1. The van der Waals surface area contributed by atoms with Gasteiger partial charge in [-0.3, -0.25) is 0 Å². The largest absolute Gasteiger partial charge is 0.331 e. The Bertz CT molecular complexity index is 698. The van der Waals surface area contributed by atoms with Gasteiger partial charge in [0.25, 0.3) is 0 Å². The molecule has 1 aliphatic rings. The van der Waals surface area contributed by atoms with E-state index in [-0.39, 0.29) is 18.6 Å². The Hall–Kier alpha value is -2.07. The molecule has 0 bridgehead atoms. The second kappa shape index (κ2) is 7.22. The molecule has 1 fully saturated rings. The number of benzene rings is 2. The van der Waals surface area contributed by atoms with Crippen molar-refractivity contribution in [2.45, 2.75) is 25.4 Å². The highest BCUT2D eigenvalue weighted by atomic mass is 35.5. The maximum absolute atomic E-state index is 13.9. The van der Waals surface area contributed by atoms with E-state index in [9.17, 15) is 9.18 Å². The van der Waals surface area contributed by atoms with E-state index in [2.05, 4.69) is 5.32 Å². The molecule has 2 aromatic carbocycles. The van der Waals surface area contributed by atoms with E-state index < -0.39 is 5.82 Å². The monoisotopic (exact) mass is 346 g/mol. The van der Waals surface area contributed by atoms with Crippen LogP contribution < -0.4 is 5.32 Å². The third-order valence-corrected chi connectivity index (χ3v) is 4.69. The van der Waals surface area contributed by atoms with E-state index in [1.54, 1.807) is 19.2 Å². The van der Waals surface area contributed by atoms with Crippen LogP contribution in [-0.4, -0.2) is 18.0 Å². The summed E-state index contributed by atoms with van der Waals surface area (Å²) in [6.45, 7) is 0.128. The van der Waals surface area contributed by atoms with E-state index in [1.807, 2.05) is 30.3 Å². The van der Waals surface area contributed by atoms with Gasteiger partial charge in [0, 0.05) is 17.6 Å². The Balaban J connectivity index is 1.69. The van der Waals surface area contributed by atoms with Crippen molar-refractivity contribution < 1.29 is 9.18 Å². The van der Waals surface area contributed by atoms with Gasteiger partial charge in [-0.05, 0) is 36.5 Å². The van der Waals surface area contributed by atoms with E-state index in [0.29, 0.717) is 16.5 Å². The fourth-order valence-corrected chi connectivity index (χ4v) is 3.02. The Morgan fingerprint density at radius 1 is 1.25 bits per heavy atom. The summed E-state index contributed by atoms with van der Waals surface area (Å²) in [6, 6.07) is 14.3. The lowest BCUT2D eigenvalue weighted by Crippen LogP contribution is -2.39. The number of amides is 2. The van der Waals surface area contributed by atoms with Crippen LogP contribution in [0.25, 0.3) is 0 Å². The first-order valence-electron chi connectivity index (χ1n) is 8.05. The first-order chi connectivity index (χ1) is 11.6. The fraction of sp³-hybridized carbons (Fsp3) is 0.316. The molecule has 1 atom stereocenters. The number of hydrogen-bond donors (Lipinski definition) is 1. The summed E-state index contributed by atoms with van der Waals surface area (Å²) in [7, 11) is 1.65. The van der Waals surface area contributed by atoms with Gasteiger partial charge < -0.3 is 10.2 Å². The van der Waals surface area contributed by atoms with Gasteiger partial charge >= 0.3 is 6.03 Å². The summed E-state index contributed by atoms with van der Waals surface area (Å²) in [5.41, 5.74) is 1.44. The first kappa shape index (κ1) is 16.8. The van der Waals surface area contributed by atoms with E-state index in [0.717, 1.165) is 18.4 Å². The molecule has 1 N–H and O–H groups in total. The van der Waals surface area contributed by atoms with Crippen molar-refractivity contribution in [3.05, 3.63) is 70.5 Å². The Labute approximate surface area is 146 Å². The van der Waals surface area contributed by atoms with Crippen LogP contribution in [0.15, 0.2) is 48.5 Å². The average Bonchev–Trinajstić information content (AvgIpc) is 3.41. The normalized spacial score (nSPS) is 15.0. The zero-order valence-electron chi connectivity index (χ0n) is 13.5. The number of carbonyl (C=O) groups is 1. The molecule has 0 aliphatic heterocycles. The Morgan fingerprint density at radius 2 is 1.96 bits per heavy atom. The molecule has 0 saturated heterocycles. The molecular formula is C19H20ClFN2O. The zero-order valence-corrected chi connectivity index (χ0v) is 14.3. The summed E-state index contributed by atoms with van der Waals surface area (Å²) in [4.78, 5) is 14.0. The molecule has 1 aliphatic carbocycles. The van der Waals surface area contributed by atoms with Crippen LogP contribution in [0.2, 0.25) is 5.02 Å². The number of nitrogens with one attached hydrogen (secondary N) is 1. The summed E-state index contributed by atoms with van der Waals surface area (Å²) in [5.74, 6) is 0.0748. The molecule has 3 rings (SSSR count). The second-order valence-electron chi connectivity index (χ2n) is 6.23. The molecule has 0 aromatic heterocycles. The number of halogens is 2. The molecule has 24 heavy (non-hydrogen) atoms. The minimum atomic E-state index is -0.399. The number of rotatable bonds is 5. The van der Waals surface area contributed by atoms with Crippen molar-refractivity contribution in [3.8, 4) is 0 Å². The molecule has 2 aromatic rings. The highest BCUT2D eigenvalue weighted by molar-refractivity contribution is 6.31. The minimum Gasteiger partial charge on any atom is -0.331 e. The van der Waals surface area contributed by atoms with Crippen molar-refractivity contribution in [1.29, 1.82) is 0 Å². The van der Waals surface area contributed by atoms with Gasteiger partial charge in [-0.1, -0.05) is 48.0 Å². The van der Waals surface area contributed by atoms with Crippen molar-refractivity contribution in [2.75, 3.05) is 7.05 Å². The lowest BCUT2D eigenvalue weighted by molar-refractivity contribution is 0.200. The quantitative estimate of drug-likeness (QED) is 0.830. The Kier molecular flexibility index (Phi) is 5.05. The number of hydrogen-bond acceptors (Lipinski definition) is 1. The van der Waals surface area contributed by atoms with Gasteiger partial charge in [0.15, 0.2) is 0 Å². The summed E-state index contributed by atoms with van der Waals surface area (Å²) in [5, 5.41) is 3.41. The fourth-order valence-electron chi connectivity index (χ4n) is 2.80. The highest BCUT2D eigenvalue weighted by Crippen LogP contribution is 2.41. The Morgan fingerprint density at radius 3 is 2.58 bits per heavy atom. The van der Waals surface area contributed by atoms with Crippen molar-refractivity contribution in [1.82, 2.24) is 10.2 Å². The van der Waals surface area contributed by atoms with E-state index >= 15 is 0 Å². The molecule has 0 spiro atoms. The number of nitrogens with zero attached hydrogens (tertiary/aromatic N) is 1. The molecule has 126 valence electrons. The molecule has 3 nitrogen and oxygen atoms in total. The molecule has 1 saturated carbocycles. The second-order valence-corrected chi connectivity index (χ2v) is 6.64. The topological polar surface area (TPSA) is 32.3 Å². The highest BCUT2D eigenvalue weighted by Gasteiger charge is 2.34. The molecule has 5 heteroatoms. The standard InChI is InChI=1S/C19H20ClFN2O/c1-23(12-15-16(20)8-5-9-17(15)21)19(24)22-18(14-10-11-14)13-6-3-2-4-7-13/h2-9,14,18H,10-12H2,1H3,(H,22,24). The first-order valence-corrected chi connectivity index (χ1v) is 8.43. The average molecular weight is 347 g/mol. The zero-order chi connectivity index (χ0) is 17.1.